The number of piperidine rings is 1. The van der Waals surface area contributed by atoms with E-state index in [-0.39, 0.29) is 0 Å². The molecule has 1 heterocycles. The highest BCUT2D eigenvalue weighted by Gasteiger charge is 2.18. The molecular formula is C14H25N. The van der Waals surface area contributed by atoms with Crippen LogP contribution in [0.4, 0.5) is 0 Å². The SMILES string of the molecule is C=CC(CN1CCC(C)CC1)/C(C)=C\C. The summed E-state index contributed by atoms with van der Waals surface area (Å²) in [6.45, 7) is 14.3. The third-order valence-corrected chi connectivity index (χ3v) is 3.66. The first-order valence-corrected chi connectivity index (χ1v) is 6.15. The van der Waals surface area contributed by atoms with E-state index in [0.29, 0.717) is 5.92 Å². The van der Waals surface area contributed by atoms with Gasteiger partial charge in [0.15, 0.2) is 0 Å². The first-order chi connectivity index (χ1) is 7.17. The zero-order valence-electron chi connectivity index (χ0n) is 10.5. The molecule has 1 rings (SSSR count). The summed E-state index contributed by atoms with van der Waals surface area (Å²) in [5.74, 6) is 1.47. The van der Waals surface area contributed by atoms with Gasteiger partial charge in [-0.1, -0.05) is 24.6 Å². The van der Waals surface area contributed by atoms with Crippen LogP contribution in [0.5, 0.6) is 0 Å². The van der Waals surface area contributed by atoms with Crippen molar-refractivity contribution in [1.82, 2.24) is 4.90 Å². The molecule has 0 bridgehead atoms. The van der Waals surface area contributed by atoms with Crippen LogP contribution in [0.25, 0.3) is 0 Å². The highest BCUT2D eigenvalue weighted by Crippen LogP contribution is 2.20. The summed E-state index contributed by atoms with van der Waals surface area (Å²) >= 11 is 0. The normalized spacial score (nSPS) is 22.7. The number of hydrogen-bond donors (Lipinski definition) is 0. The third-order valence-electron chi connectivity index (χ3n) is 3.66. The molecule has 1 nitrogen and oxygen atoms in total. The van der Waals surface area contributed by atoms with E-state index < -0.39 is 0 Å². The van der Waals surface area contributed by atoms with Crippen LogP contribution >= 0.6 is 0 Å². The molecule has 86 valence electrons. The molecule has 0 aliphatic carbocycles. The fourth-order valence-corrected chi connectivity index (χ4v) is 2.14. The molecule has 1 aliphatic heterocycles. The van der Waals surface area contributed by atoms with Crippen molar-refractivity contribution in [1.29, 1.82) is 0 Å². The summed E-state index contributed by atoms with van der Waals surface area (Å²) in [4.78, 5) is 2.58. The van der Waals surface area contributed by atoms with E-state index in [1.165, 1.54) is 31.5 Å². The minimum atomic E-state index is 0.545. The molecule has 0 aromatic rings. The summed E-state index contributed by atoms with van der Waals surface area (Å²) in [5, 5.41) is 0. The van der Waals surface area contributed by atoms with Crippen molar-refractivity contribution in [2.24, 2.45) is 11.8 Å². The van der Waals surface area contributed by atoms with Crippen molar-refractivity contribution in [2.75, 3.05) is 19.6 Å². The minimum Gasteiger partial charge on any atom is -0.302 e. The van der Waals surface area contributed by atoms with Crippen LogP contribution < -0.4 is 0 Å². The Hall–Kier alpha value is -0.560. The maximum Gasteiger partial charge on any atom is 0.00989 e. The van der Waals surface area contributed by atoms with Crippen LogP contribution in [-0.4, -0.2) is 24.5 Å². The molecule has 1 heteroatoms. The second-order valence-electron chi connectivity index (χ2n) is 4.86. The van der Waals surface area contributed by atoms with Gasteiger partial charge in [-0.25, -0.2) is 0 Å². The monoisotopic (exact) mass is 207 g/mol. The summed E-state index contributed by atoms with van der Waals surface area (Å²) in [7, 11) is 0. The van der Waals surface area contributed by atoms with Crippen molar-refractivity contribution in [3.8, 4) is 0 Å². The molecule has 1 saturated heterocycles. The number of allylic oxidation sites excluding steroid dienone is 1. The lowest BCUT2D eigenvalue weighted by molar-refractivity contribution is 0.183. The van der Waals surface area contributed by atoms with Crippen LogP contribution in [0.1, 0.15) is 33.6 Å². The third kappa shape index (κ3) is 3.83. The fourth-order valence-electron chi connectivity index (χ4n) is 2.14. The van der Waals surface area contributed by atoms with Gasteiger partial charge in [0.05, 0.1) is 0 Å². The topological polar surface area (TPSA) is 3.24 Å². The molecule has 1 fully saturated rings. The average Bonchev–Trinajstić information content (AvgIpc) is 2.27. The summed E-state index contributed by atoms with van der Waals surface area (Å²) in [5.41, 5.74) is 1.45. The molecule has 0 aromatic heterocycles. The molecule has 15 heavy (non-hydrogen) atoms. The van der Waals surface area contributed by atoms with Gasteiger partial charge in [0.25, 0.3) is 0 Å². The largest absolute Gasteiger partial charge is 0.302 e. The molecule has 1 atom stereocenters. The van der Waals surface area contributed by atoms with E-state index in [9.17, 15) is 0 Å². The quantitative estimate of drug-likeness (QED) is 0.638. The molecule has 0 spiro atoms. The Kier molecular flexibility index (Phi) is 5.10. The first-order valence-electron chi connectivity index (χ1n) is 6.15. The summed E-state index contributed by atoms with van der Waals surface area (Å²) in [6, 6.07) is 0. The Morgan fingerprint density at radius 2 is 2.07 bits per heavy atom. The Morgan fingerprint density at radius 3 is 2.53 bits per heavy atom. The van der Waals surface area contributed by atoms with Gasteiger partial charge in [0.1, 0.15) is 0 Å². The van der Waals surface area contributed by atoms with Crippen LogP contribution in [-0.2, 0) is 0 Å². The van der Waals surface area contributed by atoms with Gasteiger partial charge in [-0.15, -0.1) is 6.58 Å². The fraction of sp³-hybridized carbons (Fsp3) is 0.714. The lowest BCUT2D eigenvalue weighted by Crippen LogP contribution is -2.36. The van der Waals surface area contributed by atoms with E-state index in [2.05, 4.69) is 44.4 Å². The Labute approximate surface area is 94.9 Å². The van der Waals surface area contributed by atoms with Crippen LogP contribution in [0.2, 0.25) is 0 Å². The smallest absolute Gasteiger partial charge is 0.00989 e. The van der Waals surface area contributed by atoms with Crippen molar-refractivity contribution >= 4 is 0 Å². The molecule has 0 saturated carbocycles. The standard InChI is InChI=1S/C14H25N/c1-5-13(4)14(6-2)11-15-9-7-12(3)8-10-15/h5-6,12,14H,2,7-11H2,1,3-4H3/b13-5-. The molecule has 1 aliphatic rings. The van der Waals surface area contributed by atoms with Crippen molar-refractivity contribution < 1.29 is 0 Å². The first kappa shape index (κ1) is 12.5. The average molecular weight is 207 g/mol. The molecule has 0 radical (unpaired) electrons. The van der Waals surface area contributed by atoms with Crippen molar-refractivity contribution in [2.45, 2.75) is 33.6 Å². The Balaban J connectivity index is 2.42. The Morgan fingerprint density at radius 1 is 1.47 bits per heavy atom. The van der Waals surface area contributed by atoms with Gasteiger partial charge < -0.3 is 4.90 Å². The van der Waals surface area contributed by atoms with Crippen molar-refractivity contribution in [3.63, 3.8) is 0 Å². The van der Waals surface area contributed by atoms with Gasteiger partial charge in [0.2, 0.25) is 0 Å². The highest BCUT2D eigenvalue weighted by atomic mass is 15.1. The molecule has 1 unspecified atom stereocenters. The predicted molar refractivity (Wildman–Crippen MR) is 68.0 cm³/mol. The van der Waals surface area contributed by atoms with Crippen LogP contribution in [0.15, 0.2) is 24.3 Å². The van der Waals surface area contributed by atoms with E-state index in [1.807, 2.05) is 0 Å². The predicted octanol–water partition coefficient (Wildman–Crippen LogP) is 3.49. The number of likely N-dealkylation sites (tertiary alicyclic amines) is 1. The Bertz CT molecular complexity index is 221. The molecule has 0 aromatic carbocycles. The second-order valence-corrected chi connectivity index (χ2v) is 4.86. The zero-order chi connectivity index (χ0) is 11.3. The van der Waals surface area contributed by atoms with Crippen LogP contribution in [0, 0.1) is 11.8 Å². The number of rotatable bonds is 4. The van der Waals surface area contributed by atoms with Crippen LogP contribution in [0.3, 0.4) is 0 Å². The summed E-state index contributed by atoms with van der Waals surface area (Å²) in [6.07, 6.45) is 7.02. The van der Waals surface area contributed by atoms with Gasteiger partial charge in [-0.05, 0) is 45.7 Å². The maximum atomic E-state index is 3.94. The molecular weight excluding hydrogens is 182 g/mol. The lowest BCUT2D eigenvalue weighted by Gasteiger charge is -2.32. The van der Waals surface area contributed by atoms with E-state index >= 15 is 0 Å². The molecule has 0 N–H and O–H groups in total. The van der Waals surface area contributed by atoms with Gasteiger partial charge >= 0.3 is 0 Å². The molecule has 0 amide bonds. The van der Waals surface area contributed by atoms with E-state index in [4.69, 9.17) is 0 Å². The van der Waals surface area contributed by atoms with E-state index in [1.54, 1.807) is 0 Å². The van der Waals surface area contributed by atoms with Gasteiger partial charge in [-0.3, -0.25) is 0 Å². The summed E-state index contributed by atoms with van der Waals surface area (Å²) < 4.78 is 0. The highest BCUT2D eigenvalue weighted by molar-refractivity contribution is 5.09. The minimum absolute atomic E-state index is 0.545. The number of nitrogens with zero attached hydrogens (tertiary/aromatic N) is 1. The zero-order valence-corrected chi connectivity index (χ0v) is 10.5. The lowest BCUT2D eigenvalue weighted by atomic mass is 9.95. The van der Waals surface area contributed by atoms with Gasteiger partial charge in [0, 0.05) is 12.5 Å². The van der Waals surface area contributed by atoms with Crippen molar-refractivity contribution in [3.05, 3.63) is 24.3 Å². The van der Waals surface area contributed by atoms with E-state index in [0.717, 1.165) is 12.5 Å². The maximum absolute atomic E-state index is 3.94. The second kappa shape index (κ2) is 6.12. The number of hydrogen-bond acceptors (Lipinski definition) is 1. The van der Waals surface area contributed by atoms with Gasteiger partial charge in [-0.2, -0.15) is 0 Å².